The van der Waals surface area contributed by atoms with Crippen LogP contribution in [0, 0.1) is 11.8 Å². The third kappa shape index (κ3) is 6.66. The van der Waals surface area contributed by atoms with Crippen LogP contribution in [-0.4, -0.2) is 54.0 Å². The molecule has 172 valence electrons. The highest BCUT2D eigenvalue weighted by molar-refractivity contribution is 5.99. The van der Waals surface area contributed by atoms with Crippen molar-refractivity contribution in [2.45, 2.75) is 71.4 Å². The number of rotatable bonds is 8. The molecule has 31 heavy (non-hydrogen) atoms. The second kappa shape index (κ2) is 10.9. The number of piperidine rings is 1. The quantitative estimate of drug-likeness (QED) is 0.664. The Morgan fingerprint density at radius 1 is 1.06 bits per heavy atom. The molecule has 1 aliphatic carbocycles. The molecule has 2 aliphatic rings. The molecule has 7 nitrogen and oxygen atoms in total. The third-order valence-electron chi connectivity index (χ3n) is 6.50. The first-order valence-corrected chi connectivity index (χ1v) is 11.8. The first-order valence-electron chi connectivity index (χ1n) is 11.8. The van der Waals surface area contributed by atoms with Crippen LogP contribution >= 0.6 is 0 Å². The van der Waals surface area contributed by atoms with Crippen LogP contribution in [0.15, 0.2) is 17.2 Å². The Kier molecular flexibility index (Phi) is 8.29. The molecular formula is C24H38N4O3. The van der Waals surface area contributed by atoms with Crippen LogP contribution in [0.3, 0.4) is 0 Å². The van der Waals surface area contributed by atoms with Gasteiger partial charge in [0.2, 0.25) is 5.43 Å². The molecule has 1 aliphatic heterocycles. The molecule has 0 spiro atoms. The minimum absolute atomic E-state index is 0.0620. The second-order valence-electron chi connectivity index (χ2n) is 9.77. The number of carbonyl (C=O) groups excluding carboxylic acids is 2. The SMILES string of the molecule is CC(C)CCn1cc(C(=O)NCC2CCCN(C)C2)c(=O)c(C(=O)NC2CCCC2)c1. The maximum absolute atomic E-state index is 13.1. The van der Waals surface area contributed by atoms with Gasteiger partial charge >= 0.3 is 0 Å². The van der Waals surface area contributed by atoms with E-state index in [0.717, 1.165) is 58.0 Å². The van der Waals surface area contributed by atoms with Gasteiger partial charge in [-0.2, -0.15) is 0 Å². The largest absolute Gasteiger partial charge is 0.352 e. The van der Waals surface area contributed by atoms with E-state index < -0.39 is 5.43 Å². The van der Waals surface area contributed by atoms with E-state index in [9.17, 15) is 14.4 Å². The van der Waals surface area contributed by atoms with Gasteiger partial charge in [0, 0.05) is 38.1 Å². The molecule has 2 fully saturated rings. The van der Waals surface area contributed by atoms with E-state index >= 15 is 0 Å². The molecule has 1 saturated carbocycles. The van der Waals surface area contributed by atoms with Crippen molar-refractivity contribution in [1.82, 2.24) is 20.1 Å². The van der Waals surface area contributed by atoms with Crippen molar-refractivity contribution in [3.05, 3.63) is 33.7 Å². The predicted molar refractivity (Wildman–Crippen MR) is 122 cm³/mol. The maximum atomic E-state index is 13.1. The van der Waals surface area contributed by atoms with Crippen molar-refractivity contribution in [1.29, 1.82) is 0 Å². The van der Waals surface area contributed by atoms with Crippen molar-refractivity contribution in [2.24, 2.45) is 11.8 Å². The van der Waals surface area contributed by atoms with E-state index in [2.05, 4.69) is 36.4 Å². The monoisotopic (exact) mass is 430 g/mol. The van der Waals surface area contributed by atoms with E-state index in [1.165, 1.54) is 0 Å². The Morgan fingerprint density at radius 2 is 1.74 bits per heavy atom. The first-order chi connectivity index (χ1) is 14.8. The smallest absolute Gasteiger partial charge is 0.256 e. The Bertz CT molecular complexity index is 827. The number of nitrogens with one attached hydrogen (secondary N) is 2. The van der Waals surface area contributed by atoms with E-state index in [1.54, 1.807) is 12.4 Å². The molecule has 1 unspecified atom stereocenters. The summed E-state index contributed by atoms with van der Waals surface area (Å²) in [5.74, 6) is 0.126. The van der Waals surface area contributed by atoms with Gasteiger partial charge in [0.25, 0.3) is 11.8 Å². The van der Waals surface area contributed by atoms with Gasteiger partial charge in [-0.15, -0.1) is 0 Å². The number of hydrogen-bond donors (Lipinski definition) is 2. The molecule has 0 bridgehead atoms. The number of hydrogen-bond acceptors (Lipinski definition) is 4. The van der Waals surface area contributed by atoms with Gasteiger partial charge < -0.3 is 20.1 Å². The average molecular weight is 431 g/mol. The molecule has 1 saturated heterocycles. The highest BCUT2D eigenvalue weighted by Gasteiger charge is 2.24. The third-order valence-corrected chi connectivity index (χ3v) is 6.50. The molecular weight excluding hydrogens is 392 g/mol. The van der Waals surface area contributed by atoms with Gasteiger partial charge in [0.1, 0.15) is 11.1 Å². The van der Waals surface area contributed by atoms with Crippen LogP contribution in [0.5, 0.6) is 0 Å². The number of aromatic nitrogens is 1. The summed E-state index contributed by atoms with van der Waals surface area (Å²) < 4.78 is 1.83. The maximum Gasteiger partial charge on any atom is 0.256 e. The lowest BCUT2D eigenvalue weighted by Gasteiger charge is -2.29. The molecule has 2 N–H and O–H groups in total. The molecule has 2 heterocycles. The van der Waals surface area contributed by atoms with Gasteiger partial charge in [0.05, 0.1) is 0 Å². The van der Waals surface area contributed by atoms with Crippen LogP contribution in [-0.2, 0) is 6.54 Å². The number of aryl methyl sites for hydroxylation is 1. The number of nitrogens with zero attached hydrogens (tertiary/aromatic N) is 2. The van der Waals surface area contributed by atoms with Crippen LogP contribution in [0.4, 0.5) is 0 Å². The summed E-state index contributed by atoms with van der Waals surface area (Å²) in [7, 11) is 2.09. The minimum Gasteiger partial charge on any atom is -0.352 e. The molecule has 1 atom stereocenters. The second-order valence-corrected chi connectivity index (χ2v) is 9.77. The lowest BCUT2D eigenvalue weighted by molar-refractivity contribution is 0.0934. The van der Waals surface area contributed by atoms with Crippen LogP contribution < -0.4 is 16.1 Å². The highest BCUT2D eigenvalue weighted by atomic mass is 16.2. The summed E-state index contributed by atoms with van der Waals surface area (Å²) in [4.78, 5) is 41.1. The van der Waals surface area contributed by atoms with E-state index in [1.807, 2.05) is 4.57 Å². The fourth-order valence-corrected chi connectivity index (χ4v) is 4.60. The lowest BCUT2D eigenvalue weighted by Crippen LogP contribution is -2.41. The van der Waals surface area contributed by atoms with E-state index in [-0.39, 0.29) is 29.0 Å². The Labute approximate surface area is 185 Å². The van der Waals surface area contributed by atoms with Gasteiger partial charge in [-0.3, -0.25) is 14.4 Å². The molecule has 3 rings (SSSR count). The Morgan fingerprint density at radius 3 is 2.39 bits per heavy atom. The molecule has 7 heteroatoms. The van der Waals surface area contributed by atoms with E-state index in [0.29, 0.717) is 24.9 Å². The van der Waals surface area contributed by atoms with Crippen molar-refractivity contribution >= 4 is 11.8 Å². The summed E-state index contributed by atoms with van der Waals surface area (Å²) >= 11 is 0. The zero-order chi connectivity index (χ0) is 22.4. The molecule has 1 aromatic heterocycles. The Balaban J connectivity index is 1.77. The molecule has 0 aromatic carbocycles. The van der Waals surface area contributed by atoms with Gasteiger partial charge in [-0.25, -0.2) is 0 Å². The van der Waals surface area contributed by atoms with Crippen molar-refractivity contribution in [3.63, 3.8) is 0 Å². The minimum atomic E-state index is -0.477. The molecule has 1 aromatic rings. The number of likely N-dealkylation sites (tertiary alicyclic amines) is 1. The van der Waals surface area contributed by atoms with Crippen LogP contribution in [0.2, 0.25) is 0 Å². The number of amides is 2. The molecule has 0 radical (unpaired) electrons. The van der Waals surface area contributed by atoms with Gasteiger partial charge in [-0.1, -0.05) is 26.7 Å². The zero-order valence-electron chi connectivity index (χ0n) is 19.3. The standard InChI is InChI=1S/C24H38N4O3/c1-17(2)10-12-28-15-20(23(30)25-13-18-7-6-11-27(3)14-18)22(29)21(16-28)24(31)26-19-8-4-5-9-19/h15-19H,4-14H2,1-3H3,(H,25,30)(H,26,31). The van der Waals surface area contributed by atoms with Crippen LogP contribution in [0.25, 0.3) is 0 Å². The Hall–Kier alpha value is -2.15. The summed E-state index contributed by atoms with van der Waals surface area (Å²) in [6.45, 7) is 7.50. The number of pyridine rings is 1. The van der Waals surface area contributed by atoms with Crippen molar-refractivity contribution in [3.8, 4) is 0 Å². The van der Waals surface area contributed by atoms with Crippen molar-refractivity contribution in [2.75, 3.05) is 26.7 Å². The fourth-order valence-electron chi connectivity index (χ4n) is 4.60. The normalized spacial score (nSPS) is 20.2. The van der Waals surface area contributed by atoms with E-state index in [4.69, 9.17) is 0 Å². The topological polar surface area (TPSA) is 83.4 Å². The van der Waals surface area contributed by atoms with Gasteiger partial charge in [-0.05, 0) is 57.5 Å². The summed E-state index contributed by atoms with van der Waals surface area (Å²) in [5.41, 5.74) is -0.345. The summed E-state index contributed by atoms with van der Waals surface area (Å²) in [6.07, 6.45) is 10.4. The van der Waals surface area contributed by atoms with Gasteiger partial charge in [0.15, 0.2) is 0 Å². The zero-order valence-corrected chi connectivity index (χ0v) is 19.3. The van der Waals surface area contributed by atoms with Crippen LogP contribution in [0.1, 0.15) is 79.5 Å². The first kappa shape index (κ1) is 23.5. The van der Waals surface area contributed by atoms with Crippen molar-refractivity contribution < 1.29 is 9.59 Å². The summed E-state index contributed by atoms with van der Waals surface area (Å²) in [5, 5.41) is 5.94. The predicted octanol–water partition coefficient (Wildman–Crippen LogP) is 2.64. The highest BCUT2D eigenvalue weighted by Crippen LogP contribution is 2.18. The fraction of sp³-hybridized carbons (Fsp3) is 0.708. The molecule has 2 amide bonds. The number of carbonyl (C=O) groups is 2. The summed E-state index contributed by atoms with van der Waals surface area (Å²) in [6, 6.07) is 0.122. The average Bonchev–Trinajstić information content (AvgIpc) is 3.24. The lowest BCUT2D eigenvalue weighted by atomic mass is 9.98.